The lowest BCUT2D eigenvalue weighted by molar-refractivity contribution is -0.133. The summed E-state index contributed by atoms with van der Waals surface area (Å²) in [5.74, 6) is -0.729. The van der Waals surface area contributed by atoms with E-state index in [4.69, 9.17) is 33.9 Å². The summed E-state index contributed by atoms with van der Waals surface area (Å²) in [5, 5.41) is 0. The van der Waals surface area contributed by atoms with Crippen molar-refractivity contribution in [3.63, 3.8) is 0 Å². The van der Waals surface area contributed by atoms with E-state index in [1.54, 1.807) is 36.4 Å². The number of benzene rings is 2. The van der Waals surface area contributed by atoms with Crippen LogP contribution in [0.3, 0.4) is 0 Å². The van der Waals surface area contributed by atoms with Crippen LogP contribution in [-0.4, -0.2) is 68.4 Å². The van der Waals surface area contributed by atoms with Crippen molar-refractivity contribution >= 4 is 92.4 Å². The van der Waals surface area contributed by atoms with E-state index in [-0.39, 0.29) is 8.64 Å². The number of hydrogen-bond donors (Lipinski definition) is 2. The first kappa shape index (κ1) is 31.2. The Morgan fingerprint density at radius 1 is 0.714 bits per heavy atom. The number of rotatable bonds is 10. The van der Waals surface area contributed by atoms with E-state index in [2.05, 4.69) is 10.9 Å². The van der Waals surface area contributed by atoms with Crippen LogP contribution in [0.25, 0.3) is 12.2 Å². The van der Waals surface area contributed by atoms with Crippen LogP contribution < -0.4 is 20.3 Å². The molecule has 14 heteroatoms. The minimum absolute atomic E-state index is 0.218. The van der Waals surface area contributed by atoms with Crippen LogP contribution in [0.4, 0.5) is 0 Å². The molecule has 10 nitrogen and oxygen atoms in total. The van der Waals surface area contributed by atoms with Gasteiger partial charge in [-0.3, -0.25) is 39.8 Å². The number of nitrogens with zero attached hydrogens (tertiary/aromatic N) is 2. The number of hydrazine groups is 1. The van der Waals surface area contributed by atoms with Crippen LogP contribution >= 0.6 is 48.0 Å². The first-order valence-corrected chi connectivity index (χ1v) is 15.2. The van der Waals surface area contributed by atoms with Crippen molar-refractivity contribution in [2.45, 2.75) is 13.8 Å². The zero-order valence-corrected chi connectivity index (χ0v) is 25.8. The molecule has 4 amide bonds. The van der Waals surface area contributed by atoms with Crippen LogP contribution in [0.15, 0.2) is 58.3 Å². The van der Waals surface area contributed by atoms with Gasteiger partial charge in [0.05, 0.1) is 23.0 Å². The first-order valence-electron chi connectivity index (χ1n) is 12.7. The monoisotopic (exact) mass is 642 g/mol. The van der Waals surface area contributed by atoms with Crippen LogP contribution in [0.5, 0.6) is 11.5 Å². The fraction of sp³-hybridized carbons (Fsp3) is 0.214. The second-order valence-electron chi connectivity index (χ2n) is 8.64. The maximum Gasteiger partial charge on any atom is 0.266 e. The van der Waals surface area contributed by atoms with Crippen LogP contribution in [0, 0.1) is 0 Å². The van der Waals surface area contributed by atoms with Crippen molar-refractivity contribution in [2.75, 3.05) is 26.3 Å². The number of carbonyl (C=O) groups excluding carboxylic acids is 4. The molecular formula is C28H26N4O6S4. The number of thioether (sulfide) groups is 2. The lowest BCUT2D eigenvalue weighted by Gasteiger charge is -2.16. The van der Waals surface area contributed by atoms with Crippen LogP contribution in [0.2, 0.25) is 0 Å². The van der Waals surface area contributed by atoms with E-state index in [0.717, 1.165) is 55.9 Å². The topological polar surface area (TPSA) is 117 Å². The van der Waals surface area contributed by atoms with Gasteiger partial charge in [-0.25, -0.2) is 0 Å². The number of hydrogen-bond acceptors (Lipinski definition) is 10. The van der Waals surface area contributed by atoms with Gasteiger partial charge in [0.2, 0.25) is 0 Å². The van der Waals surface area contributed by atoms with E-state index in [1.807, 2.05) is 38.1 Å². The van der Waals surface area contributed by atoms with Gasteiger partial charge in [0, 0.05) is 0 Å². The summed E-state index contributed by atoms with van der Waals surface area (Å²) in [7, 11) is 0. The highest BCUT2D eigenvalue weighted by molar-refractivity contribution is 8.27. The number of carbonyl (C=O) groups is 4. The summed E-state index contributed by atoms with van der Waals surface area (Å²) >= 11 is 12.7. The zero-order valence-electron chi connectivity index (χ0n) is 22.6. The fourth-order valence-electron chi connectivity index (χ4n) is 3.73. The molecule has 0 aromatic heterocycles. The van der Waals surface area contributed by atoms with E-state index < -0.39 is 36.7 Å². The van der Waals surface area contributed by atoms with Gasteiger partial charge in [-0.1, -0.05) is 72.2 Å². The number of ether oxygens (including phenoxy) is 2. The molecule has 0 bridgehead atoms. The minimum Gasteiger partial charge on any atom is -0.494 e. The van der Waals surface area contributed by atoms with Gasteiger partial charge >= 0.3 is 0 Å². The second-order valence-corrected chi connectivity index (χ2v) is 12.0. The number of thiocarbonyl (C=S) groups is 2. The number of nitrogens with one attached hydrogen (secondary N) is 2. The van der Waals surface area contributed by atoms with E-state index in [0.29, 0.717) is 23.0 Å². The first-order chi connectivity index (χ1) is 20.2. The van der Waals surface area contributed by atoms with Crippen molar-refractivity contribution in [1.82, 2.24) is 20.7 Å². The highest BCUT2D eigenvalue weighted by Gasteiger charge is 2.35. The highest BCUT2D eigenvalue weighted by atomic mass is 32.2. The van der Waals surface area contributed by atoms with Crippen molar-refractivity contribution in [3.8, 4) is 11.5 Å². The van der Waals surface area contributed by atoms with Gasteiger partial charge in [0.15, 0.2) is 0 Å². The Morgan fingerprint density at radius 3 is 1.40 bits per heavy atom. The quantitative estimate of drug-likeness (QED) is 0.226. The van der Waals surface area contributed by atoms with E-state index in [9.17, 15) is 19.2 Å². The molecule has 0 atom stereocenters. The molecule has 2 aliphatic heterocycles. The lowest BCUT2D eigenvalue weighted by Crippen LogP contribution is -2.50. The van der Waals surface area contributed by atoms with Gasteiger partial charge in [-0.05, 0) is 61.4 Å². The van der Waals surface area contributed by atoms with Gasteiger partial charge < -0.3 is 9.47 Å². The largest absolute Gasteiger partial charge is 0.494 e. The predicted molar refractivity (Wildman–Crippen MR) is 171 cm³/mol. The summed E-state index contributed by atoms with van der Waals surface area (Å²) in [6, 6.07) is 14.4. The third-order valence-electron chi connectivity index (χ3n) is 5.67. The van der Waals surface area contributed by atoms with Gasteiger partial charge in [0.1, 0.15) is 33.2 Å². The average molecular weight is 643 g/mol. The summed E-state index contributed by atoms with van der Waals surface area (Å²) in [6.07, 6.45) is 3.36. The third-order valence-corrected chi connectivity index (χ3v) is 8.43. The smallest absolute Gasteiger partial charge is 0.266 e. The average Bonchev–Trinajstić information content (AvgIpc) is 3.38. The number of amides is 4. The van der Waals surface area contributed by atoms with Crippen molar-refractivity contribution in [1.29, 1.82) is 0 Å². The molecule has 2 saturated heterocycles. The molecule has 0 unspecified atom stereocenters. The molecule has 2 N–H and O–H groups in total. The minimum atomic E-state index is -0.664. The zero-order chi connectivity index (χ0) is 30.2. The molecule has 2 heterocycles. The summed E-state index contributed by atoms with van der Waals surface area (Å²) < 4.78 is 11.3. The molecule has 2 aliphatic rings. The molecule has 42 heavy (non-hydrogen) atoms. The Kier molecular flexibility index (Phi) is 10.7. The Bertz CT molecular complexity index is 1360. The second kappa shape index (κ2) is 14.4. The summed E-state index contributed by atoms with van der Waals surface area (Å²) in [5.41, 5.74) is 6.07. The predicted octanol–water partition coefficient (Wildman–Crippen LogP) is 3.73. The van der Waals surface area contributed by atoms with E-state index >= 15 is 0 Å². The molecule has 0 saturated carbocycles. The molecular weight excluding hydrogens is 617 g/mol. The molecule has 2 aromatic rings. The molecule has 2 aromatic carbocycles. The van der Waals surface area contributed by atoms with Gasteiger partial charge in [0.25, 0.3) is 23.6 Å². The Morgan fingerprint density at radius 2 is 1.07 bits per heavy atom. The summed E-state index contributed by atoms with van der Waals surface area (Å²) in [4.78, 5) is 53.7. The fourth-order valence-corrected chi connectivity index (χ4v) is 6.25. The normalized spacial score (nSPS) is 16.9. The molecule has 0 spiro atoms. The standard InChI is InChI=1S/C28H26N4O6S4/c1-3-37-19-9-5-17(6-10-19)13-21-25(35)31(27(39)41-21)15-23(33)29-30-24(34)16-32-26(36)22(42-28(32)40)14-18-7-11-20(12-8-18)38-4-2/h5-14H,3-4,15-16H2,1-2H3,(H,29,33)(H,30,34)/b21-13-,22-14+. The molecule has 2 fully saturated rings. The van der Waals surface area contributed by atoms with Crippen LogP contribution in [0.1, 0.15) is 25.0 Å². The molecule has 218 valence electrons. The van der Waals surface area contributed by atoms with Crippen LogP contribution in [-0.2, 0) is 19.2 Å². The van der Waals surface area contributed by atoms with Gasteiger partial charge in [-0.2, -0.15) is 0 Å². The highest BCUT2D eigenvalue weighted by Crippen LogP contribution is 2.33. The van der Waals surface area contributed by atoms with E-state index in [1.165, 1.54) is 0 Å². The van der Waals surface area contributed by atoms with Gasteiger partial charge in [-0.15, -0.1) is 0 Å². The SMILES string of the molecule is CCOc1ccc(/C=C2\SC(=S)N(CC(=O)NNC(=O)CN3C(=O)/C(=C\c4ccc(OCC)cc4)SC3=S)C2=O)cc1. The Balaban J connectivity index is 1.27. The molecule has 0 radical (unpaired) electrons. The Hall–Kier alpha value is -3.72. The molecule has 0 aliphatic carbocycles. The lowest BCUT2D eigenvalue weighted by atomic mass is 10.2. The summed E-state index contributed by atoms with van der Waals surface area (Å²) in [6.45, 7) is 4.10. The maximum atomic E-state index is 12.9. The molecule has 4 rings (SSSR count). The van der Waals surface area contributed by atoms with Crippen molar-refractivity contribution < 1.29 is 28.7 Å². The third kappa shape index (κ3) is 7.97. The Labute approximate surface area is 261 Å². The van der Waals surface area contributed by atoms with Crippen molar-refractivity contribution in [3.05, 3.63) is 69.5 Å². The van der Waals surface area contributed by atoms with Crippen molar-refractivity contribution in [2.24, 2.45) is 0 Å². The maximum absolute atomic E-state index is 12.9.